The van der Waals surface area contributed by atoms with Crippen LogP contribution in [0.15, 0.2) is 63.9 Å². The van der Waals surface area contributed by atoms with Crippen LogP contribution in [0.3, 0.4) is 0 Å². The first kappa shape index (κ1) is 27.9. The average molecular weight is 488 g/mol. The molecule has 0 atom stereocenters. The van der Waals surface area contributed by atoms with Gasteiger partial charge in [0.2, 0.25) is 0 Å². The lowest BCUT2D eigenvalue weighted by Gasteiger charge is -2.42. The molecule has 10 nitrogen and oxygen atoms in total. The summed E-state index contributed by atoms with van der Waals surface area (Å²) in [6, 6.07) is 11.6. The predicted molar refractivity (Wildman–Crippen MR) is 120 cm³/mol. The number of hydrogen-bond acceptors (Lipinski definition) is 7. The molecule has 5 rings (SSSR count). The molecule has 3 aliphatic rings. The minimum atomic E-state index is -4.54. The van der Waals surface area contributed by atoms with Gasteiger partial charge in [-0.25, -0.2) is 16.8 Å². The zero-order chi connectivity index (χ0) is 20.8. The lowest BCUT2D eigenvalue weighted by molar-refractivity contribution is 0.162. The summed E-state index contributed by atoms with van der Waals surface area (Å²) in [6.45, 7) is 2.84. The summed E-state index contributed by atoms with van der Waals surface area (Å²) in [5.74, 6) is 0.390. The molecule has 3 saturated heterocycles. The number of rotatable bonds is 4. The molecule has 2 bridgehead atoms. The van der Waals surface area contributed by atoms with E-state index in [1.54, 1.807) is 24.3 Å². The van der Waals surface area contributed by atoms with Gasteiger partial charge in [0.05, 0.1) is 9.79 Å². The fraction of sp³-hybridized carbons (Fsp3) is 0.300. The second kappa shape index (κ2) is 10.2. The molecule has 2 aromatic carbocycles. The third kappa shape index (κ3) is 5.60. The van der Waals surface area contributed by atoms with E-state index in [1.807, 2.05) is 0 Å². The van der Waals surface area contributed by atoms with Crippen LogP contribution >= 0.6 is 0 Å². The van der Waals surface area contributed by atoms with E-state index in [2.05, 4.69) is 4.90 Å². The zero-order valence-electron chi connectivity index (χ0n) is 17.9. The number of nitrogens with zero attached hydrogens (tertiary/aromatic N) is 1. The molecule has 0 aromatic heterocycles. The molecule has 0 saturated carbocycles. The Morgan fingerprint density at radius 2 is 1.12 bits per heavy atom. The molecule has 0 amide bonds. The van der Waals surface area contributed by atoms with E-state index in [4.69, 9.17) is 0 Å². The summed E-state index contributed by atoms with van der Waals surface area (Å²) in [4.78, 5) is 1.75. The fourth-order valence-electron chi connectivity index (χ4n) is 4.21. The summed E-state index contributed by atoms with van der Waals surface area (Å²) in [6.07, 6.45) is 2.05. The van der Waals surface area contributed by atoms with E-state index in [9.17, 15) is 25.9 Å². The lowest BCUT2D eigenvalue weighted by atomic mass is 9.78. The van der Waals surface area contributed by atoms with Crippen molar-refractivity contribution >= 4 is 25.8 Å². The van der Waals surface area contributed by atoms with Crippen LogP contribution in [0.4, 0.5) is 0 Å². The fourth-order valence-corrected chi connectivity index (χ4v) is 5.15. The van der Waals surface area contributed by atoms with Crippen molar-refractivity contribution in [1.29, 1.82) is 0 Å². The third-order valence-electron chi connectivity index (χ3n) is 5.66. The molecular formula is C20H29N3O7S2. The molecule has 0 spiro atoms. The molecule has 12 heteroatoms. The molecule has 3 aliphatic heterocycles. The maximum atomic E-state index is 11.3. The molecule has 0 aliphatic carbocycles. The van der Waals surface area contributed by atoms with Crippen molar-refractivity contribution in [2.45, 2.75) is 22.6 Å². The van der Waals surface area contributed by atoms with Crippen molar-refractivity contribution < 1.29 is 31.4 Å². The monoisotopic (exact) mass is 487 g/mol. The number of fused-ring (bicyclic) bond motifs is 3. The molecule has 32 heavy (non-hydrogen) atoms. The minimum Gasteiger partial charge on any atom is -0.744 e. The van der Waals surface area contributed by atoms with Crippen molar-refractivity contribution in [3.63, 3.8) is 0 Å². The first-order chi connectivity index (χ1) is 13.6. The van der Waals surface area contributed by atoms with E-state index >= 15 is 0 Å². The smallest absolute Gasteiger partial charge is 0.124 e. The van der Waals surface area contributed by atoms with Crippen LogP contribution in [-0.4, -0.2) is 56.0 Å². The van der Waals surface area contributed by atoms with Crippen LogP contribution in [0.2, 0.25) is 0 Å². The second-order valence-electron chi connectivity index (χ2n) is 7.41. The van der Waals surface area contributed by atoms with Crippen molar-refractivity contribution in [3.05, 3.63) is 65.2 Å². The number of piperidine rings is 3. The third-order valence-corrected chi connectivity index (χ3v) is 7.36. The Bertz CT molecular complexity index is 1090. The maximum absolute atomic E-state index is 11.3. The van der Waals surface area contributed by atoms with Gasteiger partial charge in [-0.1, -0.05) is 24.3 Å². The summed E-state index contributed by atoms with van der Waals surface area (Å²) < 4.78 is 67.6. The van der Waals surface area contributed by atoms with E-state index < -0.39 is 20.2 Å². The highest BCUT2D eigenvalue weighted by Gasteiger charge is 2.32. The van der Waals surface area contributed by atoms with Crippen molar-refractivity contribution in [2.24, 2.45) is 5.92 Å². The van der Waals surface area contributed by atoms with Crippen molar-refractivity contribution in [3.8, 4) is 0 Å². The summed E-state index contributed by atoms with van der Waals surface area (Å²) >= 11 is 0. The maximum Gasteiger partial charge on any atom is 0.124 e. The largest absolute Gasteiger partial charge is 0.744 e. The van der Waals surface area contributed by atoms with Crippen LogP contribution in [0.1, 0.15) is 24.0 Å². The quantitative estimate of drug-likeness (QED) is 0.609. The Morgan fingerprint density at radius 3 is 1.41 bits per heavy atom. The van der Waals surface area contributed by atoms with Gasteiger partial charge in [0.25, 0.3) is 0 Å². The summed E-state index contributed by atoms with van der Waals surface area (Å²) in [5, 5.41) is 0. The molecule has 0 radical (unpaired) electrons. The van der Waals surface area contributed by atoms with Gasteiger partial charge in [-0.3, -0.25) is 4.90 Å². The highest BCUT2D eigenvalue weighted by Crippen LogP contribution is 2.39. The van der Waals surface area contributed by atoms with Gasteiger partial charge in [-0.05, 0) is 78.4 Å². The number of quaternary nitrogens is 2. The Kier molecular flexibility index (Phi) is 8.87. The number of hydrogen-bond donors (Lipinski definition) is 2. The molecule has 10 N–H and O–H groups in total. The Hall–Kier alpha value is -2.16. The predicted octanol–water partition coefficient (Wildman–Crippen LogP) is 1.95. The highest BCUT2D eigenvalue weighted by atomic mass is 32.2. The summed E-state index contributed by atoms with van der Waals surface area (Å²) in [7, 11) is -9.08. The molecular weight excluding hydrogens is 458 g/mol. The Morgan fingerprint density at radius 1 is 0.750 bits per heavy atom. The minimum absolute atomic E-state index is 0. The van der Waals surface area contributed by atoms with Gasteiger partial charge < -0.3 is 26.9 Å². The molecule has 2 aromatic rings. The van der Waals surface area contributed by atoms with Gasteiger partial charge in [0.15, 0.2) is 0 Å². The van der Waals surface area contributed by atoms with Crippen molar-refractivity contribution in [2.75, 3.05) is 19.6 Å². The Labute approximate surface area is 187 Å². The van der Waals surface area contributed by atoms with Gasteiger partial charge in [-0.15, -0.1) is 0 Å². The van der Waals surface area contributed by atoms with E-state index in [0.717, 1.165) is 49.2 Å². The molecule has 3 heterocycles. The topological polar surface area (TPSA) is 222 Å². The SMILES string of the molecule is O.O=S(=O)([O-])c1ccc(C(=C2CN3CCC2CC3)c2ccc(S(=O)(=O)[O-])cc2)cc1.[NH4+].[NH4+]. The number of benzene rings is 2. The second-order valence-corrected chi connectivity index (χ2v) is 10.2. The van der Waals surface area contributed by atoms with Gasteiger partial charge in [0, 0.05) is 6.54 Å². The zero-order valence-corrected chi connectivity index (χ0v) is 19.6. The van der Waals surface area contributed by atoms with Crippen LogP contribution in [0.25, 0.3) is 5.57 Å². The van der Waals surface area contributed by atoms with Crippen molar-refractivity contribution in [1.82, 2.24) is 17.2 Å². The van der Waals surface area contributed by atoms with E-state index in [-0.39, 0.29) is 27.6 Å². The van der Waals surface area contributed by atoms with Gasteiger partial charge in [0.1, 0.15) is 20.2 Å². The lowest BCUT2D eigenvalue weighted by Crippen LogP contribution is -2.43. The Balaban J connectivity index is 0.00000171. The molecule has 3 fully saturated rings. The normalized spacial score (nSPS) is 19.9. The standard InChI is InChI=1S/C20H21NO6S2.2H3N.H2O/c22-28(23,24)17-5-1-15(2-6-17)20(19-13-21-11-9-14(19)10-12-21)16-3-7-18(8-4-16)29(25,26)27;;;/h1-8,14H,9-13H2,(H,22,23,24)(H,25,26,27);2*1H3;1H2. The average Bonchev–Trinajstić information content (AvgIpc) is 2.69. The van der Waals surface area contributed by atoms with Crippen LogP contribution in [-0.2, 0) is 20.2 Å². The van der Waals surface area contributed by atoms with Gasteiger partial charge in [-0.2, -0.15) is 0 Å². The van der Waals surface area contributed by atoms with Crippen LogP contribution in [0, 0.1) is 5.92 Å². The molecule has 178 valence electrons. The first-order valence-electron chi connectivity index (χ1n) is 9.21. The van der Waals surface area contributed by atoms with E-state index in [0.29, 0.717) is 5.92 Å². The summed E-state index contributed by atoms with van der Waals surface area (Å²) in [5.41, 5.74) is 3.60. The highest BCUT2D eigenvalue weighted by molar-refractivity contribution is 7.86. The van der Waals surface area contributed by atoms with Crippen LogP contribution < -0.4 is 12.3 Å². The molecule has 0 unspecified atom stereocenters. The first-order valence-corrected chi connectivity index (χ1v) is 12.0. The van der Waals surface area contributed by atoms with Crippen LogP contribution in [0.5, 0.6) is 0 Å². The van der Waals surface area contributed by atoms with Gasteiger partial charge >= 0.3 is 0 Å². The van der Waals surface area contributed by atoms with E-state index in [1.165, 1.54) is 29.8 Å².